The number of ether oxygens (including phenoxy) is 1. The minimum Gasteiger partial charge on any atom is -0.379 e. The van der Waals surface area contributed by atoms with Gasteiger partial charge in [0.15, 0.2) is 5.96 Å². The molecule has 2 aliphatic rings. The Morgan fingerprint density at radius 3 is 2.61 bits per heavy atom. The molecule has 0 atom stereocenters. The van der Waals surface area contributed by atoms with Gasteiger partial charge in [-0.25, -0.2) is 0 Å². The molecule has 0 unspecified atom stereocenters. The van der Waals surface area contributed by atoms with Gasteiger partial charge in [0.05, 0.1) is 13.2 Å². The Balaban J connectivity index is 1.31. The van der Waals surface area contributed by atoms with Crippen LogP contribution in [0.5, 0.6) is 0 Å². The molecule has 0 saturated carbocycles. The molecule has 1 fully saturated rings. The van der Waals surface area contributed by atoms with Crippen LogP contribution in [-0.2, 0) is 17.7 Å². The highest BCUT2D eigenvalue weighted by Gasteiger charge is 2.14. The molecule has 0 aromatic heterocycles. The van der Waals surface area contributed by atoms with Crippen molar-refractivity contribution < 1.29 is 4.74 Å². The van der Waals surface area contributed by atoms with E-state index in [1.165, 1.54) is 24.1 Å². The number of aliphatic imine (C=N–C) groups is 1. The van der Waals surface area contributed by atoms with E-state index < -0.39 is 0 Å². The second-order valence-electron chi connectivity index (χ2n) is 7.64. The average molecular weight is 388 g/mol. The summed E-state index contributed by atoms with van der Waals surface area (Å²) in [5, 5.41) is 6.84. The minimum absolute atomic E-state index is 0.872. The summed E-state index contributed by atoms with van der Waals surface area (Å²) in [4.78, 5) is 9.79. The molecule has 28 heavy (non-hydrogen) atoms. The Morgan fingerprint density at radius 2 is 1.79 bits per heavy atom. The van der Waals surface area contributed by atoms with E-state index in [9.17, 15) is 0 Å². The molecule has 156 valence electrons. The quantitative estimate of drug-likeness (QED) is 0.384. The van der Waals surface area contributed by atoms with E-state index in [2.05, 4.69) is 51.6 Å². The molecule has 1 aromatic rings. The van der Waals surface area contributed by atoms with Gasteiger partial charge in [-0.2, -0.15) is 0 Å². The van der Waals surface area contributed by atoms with Crippen LogP contribution in [0.3, 0.4) is 0 Å². The largest absolute Gasteiger partial charge is 0.379 e. The van der Waals surface area contributed by atoms with Crippen LogP contribution in [0.1, 0.15) is 30.9 Å². The van der Waals surface area contributed by atoms with Crippen molar-refractivity contribution in [3.05, 3.63) is 35.4 Å². The molecular weight excluding hydrogens is 350 g/mol. The molecule has 6 nitrogen and oxygen atoms in total. The Morgan fingerprint density at radius 1 is 1.00 bits per heavy atom. The molecule has 2 N–H and O–H groups in total. The molecule has 2 heterocycles. The lowest BCUT2D eigenvalue weighted by Gasteiger charge is -2.28. The first-order valence-corrected chi connectivity index (χ1v) is 11.0. The van der Waals surface area contributed by atoms with Crippen LogP contribution in [0.15, 0.2) is 29.3 Å². The zero-order valence-corrected chi connectivity index (χ0v) is 17.5. The van der Waals surface area contributed by atoms with E-state index >= 15 is 0 Å². The van der Waals surface area contributed by atoms with E-state index in [1.54, 1.807) is 0 Å². The number of nitrogens with one attached hydrogen (secondary N) is 2. The molecule has 0 radical (unpaired) electrons. The molecule has 0 bridgehead atoms. The van der Waals surface area contributed by atoms with Crippen LogP contribution in [0.25, 0.3) is 0 Å². The van der Waals surface area contributed by atoms with E-state index in [1.807, 2.05) is 0 Å². The number of benzene rings is 1. The molecule has 0 aliphatic carbocycles. The van der Waals surface area contributed by atoms with Crippen LogP contribution in [-0.4, -0.2) is 81.3 Å². The van der Waals surface area contributed by atoms with E-state index in [4.69, 9.17) is 9.73 Å². The zero-order chi connectivity index (χ0) is 19.4. The second kappa shape index (κ2) is 12.0. The molecule has 1 saturated heterocycles. The maximum absolute atomic E-state index is 5.40. The van der Waals surface area contributed by atoms with Gasteiger partial charge in [-0.15, -0.1) is 0 Å². The van der Waals surface area contributed by atoms with E-state index in [0.29, 0.717) is 0 Å². The molecule has 6 heteroatoms. The first-order chi connectivity index (χ1) is 13.8. The maximum atomic E-state index is 5.40. The highest BCUT2D eigenvalue weighted by Crippen LogP contribution is 2.18. The molecule has 1 aromatic carbocycles. The monoisotopic (exact) mass is 387 g/mol. The number of morpholine rings is 1. The number of guanidine groups is 1. The van der Waals surface area contributed by atoms with Crippen LogP contribution in [0, 0.1) is 0 Å². The van der Waals surface area contributed by atoms with Gasteiger partial charge in [-0.1, -0.05) is 24.3 Å². The molecule has 3 rings (SSSR count). The van der Waals surface area contributed by atoms with Crippen LogP contribution >= 0.6 is 0 Å². The van der Waals surface area contributed by atoms with E-state index in [-0.39, 0.29) is 0 Å². The van der Waals surface area contributed by atoms with Crippen molar-refractivity contribution in [1.29, 1.82) is 0 Å². The number of rotatable bonds is 9. The standard InChI is InChI=1S/C22H37N5O/c1-2-23-22(24-10-5-12-26-15-17-28-18-16-26)25-11-6-13-27-14-9-20-7-3-4-8-21(20)19-27/h3-4,7-8H,2,5-6,9-19H2,1H3,(H2,23,24,25). The number of fused-ring (bicyclic) bond motifs is 1. The Kier molecular flexibility index (Phi) is 9.07. The fourth-order valence-electron chi connectivity index (χ4n) is 3.91. The van der Waals surface area contributed by atoms with Crippen molar-refractivity contribution in [1.82, 2.24) is 20.4 Å². The smallest absolute Gasteiger partial charge is 0.191 e. The summed E-state index contributed by atoms with van der Waals surface area (Å²) in [5.41, 5.74) is 3.01. The zero-order valence-electron chi connectivity index (χ0n) is 17.5. The fourth-order valence-corrected chi connectivity index (χ4v) is 3.91. The van der Waals surface area contributed by atoms with Crippen molar-refractivity contribution in [2.24, 2.45) is 4.99 Å². The summed E-state index contributed by atoms with van der Waals surface area (Å²) in [7, 11) is 0. The lowest BCUT2D eigenvalue weighted by atomic mass is 10.00. The van der Waals surface area contributed by atoms with Crippen LogP contribution < -0.4 is 10.6 Å². The van der Waals surface area contributed by atoms with Crippen LogP contribution in [0.2, 0.25) is 0 Å². The number of nitrogens with zero attached hydrogens (tertiary/aromatic N) is 3. The highest BCUT2D eigenvalue weighted by atomic mass is 16.5. The number of hydrogen-bond acceptors (Lipinski definition) is 4. The maximum Gasteiger partial charge on any atom is 0.191 e. The third kappa shape index (κ3) is 7.08. The minimum atomic E-state index is 0.872. The normalized spacial score (nSPS) is 18.7. The first kappa shape index (κ1) is 21.1. The summed E-state index contributed by atoms with van der Waals surface area (Å²) < 4.78 is 5.40. The fraction of sp³-hybridized carbons (Fsp3) is 0.682. The highest BCUT2D eigenvalue weighted by molar-refractivity contribution is 5.79. The summed E-state index contributed by atoms with van der Waals surface area (Å²) in [6, 6.07) is 8.84. The predicted octanol–water partition coefficient (Wildman–Crippen LogP) is 1.71. The van der Waals surface area contributed by atoms with Gasteiger partial charge in [0, 0.05) is 52.4 Å². The van der Waals surface area contributed by atoms with Gasteiger partial charge in [0.1, 0.15) is 0 Å². The summed E-state index contributed by atoms with van der Waals surface area (Å²) in [5.74, 6) is 0.952. The molecule has 2 aliphatic heterocycles. The van der Waals surface area contributed by atoms with Crippen molar-refractivity contribution in [3.63, 3.8) is 0 Å². The van der Waals surface area contributed by atoms with Crippen molar-refractivity contribution in [2.75, 3.05) is 65.6 Å². The Hall–Kier alpha value is -1.63. The predicted molar refractivity (Wildman–Crippen MR) is 116 cm³/mol. The lowest BCUT2D eigenvalue weighted by molar-refractivity contribution is 0.0376. The lowest BCUT2D eigenvalue weighted by Crippen LogP contribution is -2.40. The SMILES string of the molecule is CCNC(=NCCCN1CCc2ccccc2C1)NCCCN1CCOCC1. The van der Waals surface area contributed by atoms with Crippen molar-refractivity contribution >= 4 is 5.96 Å². The van der Waals surface area contributed by atoms with E-state index in [0.717, 1.165) is 84.4 Å². The van der Waals surface area contributed by atoms with Gasteiger partial charge >= 0.3 is 0 Å². The molecule has 0 amide bonds. The first-order valence-electron chi connectivity index (χ1n) is 11.0. The second-order valence-corrected chi connectivity index (χ2v) is 7.64. The molecular formula is C22H37N5O. The van der Waals surface area contributed by atoms with Gasteiger partial charge in [-0.05, 0) is 43.9 Å². The van der Waals surface area contributed by atoms with Gasteiger partial charge < -0.3 is 15.4 Å². The summed E-state index contributed by atoms with van der Waals surface area (Å²) >= 11 is 0. The van der Waals surface area contributed by atoms with Crippen molar-refractivity contribution in [3.8, 4) is 0 Å². The summed E-state index contributed by atoms with van der Waals surface area (Å²) in [6.07, 6.45) is 3.41. The third-order valence-corrected chi connectivity index (χ3v) is 5.50. The van der Waals surface area contributed by atoms with Crippen LogP contribution in [0.4, 0.5) is 0 Å². The van der Waals surface area contributed by atoms with Gasteiger partial charge in [0.2, 0.25) is 0 Å². The Labute approximate surface area is 170 Å². The van der Waals surface area contributed by atoms with Crippen molar-refractivity contribution in [2.45, 2.75) is 32.7 Å². The Bertz CT molecular complexity index is 600. The number of hydrogen-bond donors (Lipinski definition) is 2. The van der Waals surface area contributed by atoms with Gasteiger partial charge in [0.25, 0.3) is 0 Å². The average Bonchev–Trinajstić information content (AvgIpc) is 2.74. The third-order valence-electron chi connectivity index (χ3n) is 5.50. The van der Waals surface area contributed by atoms with Gasteiger partial charge in [-0.3, -0.25) is 14.8 Å². The summed E-state index contributed by atoms with van der Waals surface area (Å²) in [6.45, 7) is 13.2. The topological polar surface area (TPSA) is 52.1 Å². The molecule has 0 spiro atoms.